The van der Waals surface area contributed by atoms with Gasteiger partial charge in [-0.15, -0.1) is 0 Å². The van der Waals surface area contributed by atoms with Crippen molar-refractivity contribution in [2.45, 2.75) is 82.9 Å². The number of imidazole rings is 1. The summed E-state index contributed by atoms with van der Waals surface area (Å²) in [6.45, 7) is 3.68. The molecule has 2 aliphatic carbocycles. The number of fused-ring (bicyclic) bond motifs is 1. The van der Waals surface area contributed by atoms with E-state index in [0.29, 0.717) is 29.1 Å². The number of halogens is 2. The lowest BCUT2D eigenvalue weighted by molar-refractivity contribution is 0.0186. The molecule has 1 aromatic carbocycles. The Morgan fingerprint density at radius 1 is 1.06 bits per heavy atom. The number of hydrogen-bond acceptors (Lipinski definition) is 6. The third kappa shape index (κ3) is 4.71. The second-order valence-corrected chi connectivity index (χ2v) is 10.3. The Hall–Kier alpha value is -2.81. The first kappa shape index (κ1) is 23.0. The fourth-order valence-corrected chi connectivity index (χ4v) is 5.37. The summed E-state index contributed by atoms with van der Waals surface area (Å²) in [6, 6.07) is 3.82. The molecule has 0 radical (unpaired) electrons. The Morgan fingerprint density at radius 2 is 1.85 bits per heavy atom. The molecule has 2 atom stereocenters. The van der Waals surface area contributed by atoms with Crippen LogP contribution in [0.25, 0.3) is 11.2 Å². The minimum atomic E-state index is -0.787. The first-order chi connectivity index (χ1) is 16.3. The number of aliphatic hydroxyl groups is 1. The van der Waals surface area contributed by atoms with Crippen molar-refractivity contribution in [3.8, 4) is 0 Å². The molecule has 0 saturated heterocycles. The number of benzene rings is 1. The maximum Gasteiger partial charge on any atom is 0.224 e. The maximum absolute atomic E-state index is 14.4. The van der Waals surface area contributed by atoms with Gasteiger partial charge in [0.1, 0.15) is 17.2 Å². The summed E-state index contributed by atoms with van der Waals surface area (Å²) in [6.07, 6.45) is 10.0. The van der Waals surface area contributed by atoms with Gasteiger partial charge in [0.2, 0.25) is 11.9 Å². The summed E-state index contributed by atoms with van der Waals surface area (Å²) in [4.78, 5) is 14.0. The molecule has 182 valence electrons. The van der Waals surface area contributed by atoms with Gasteiger partial charge < -0.3 is 15.7 Å². The van der Waals surface area contributed by atoms with Crippen LogP contribution < -0.4 is 10.6 Å². The summed E-state index contributed by atoms with van der Waals surface area (Å²) in [5, 5.41) is 17.1. The zero-order valence-corrected chi connectivity index (χ0v) is 19.7. The highest BCUT2D eigenvalue weighted by Gasteiger charge is 2.37. The first-order valence-corrected chi connectivity index (χ1v) is 12.2. The summed E-state index contributed by atoms with van der Waals surface area (Å²) >= 11 is 0. The maximum atomic E-state index is 14.4. The summed E-state index contributed by atoms with van der Waals surface area (Å²) in [7, 11) is 0. The topological polar surface area (TPSA) is 87.9 Å². The number of rotatable bonds is 6. The number of aromatic nitrogens is 4. The molecular weight excluding hydrogens is 438 g/mol. The van der Waals surface area contributed by atoms with E-state index in [9.17, 15) is 13.9 Å². The smallest absolute Gasteiger partial charge is 0.224 e. The quantitative estimate of drug-likeness (QED) is 0.428. The second-order valence-electron chi connectivity index (χ2n) is 10.3. The lowest BCUT2D eigenvalue weighted by atomic mass is 9.89. The highest BCUT2D eigenvalue weighted by atomic mass is 19.1. The van der Waals surface area contributed by atoms with Crippen molar-refractivity contribution >= 4 is 28.7 Å². The fourth-order valence-electron chi connectivity index (χ4n) is 5.37. The number of nitrogens with one attached hydrogen (secondary N) is 2. The van der Waals surface area contributed by atoms with Crippen LogP contribution in [0.1, 0.15) is 71.3 Å². The molecule has 5 rings (SSSR count). The molecule has 1 unspecified atom stereocenters. The van der Waals surface area contributed by atoms with Gasteiger partial charge in [0.25, 0.3) is 0 Å². The summed E-state index contributed by atoms with van der Waals surface area (Å²) < 4.78 is 29.9. The van der Waals surface area contributed by atoms with Gasteiger partial charge in [-0.25, -0.2) is 18.7 Å². The van der Waals surface area contributed by atoms with Crippen LogP contribution in [-0.2, 0) is 0 Å². The summed E-state index contributed by atoms with van der Waals surface area (Å²) in [5.74, 6) is -0.190. The van der Waals surface area contributed by atoms with Crippen molar-refractivity contribution in [1.29, 1.82) is 0 Å². The minimum Gasteiger partial charge on any atom is -0.390 e. The van der Waals surface area contributed by atoms with Crippen LogP contribution >= 0.6 is 0 Å². The van der Waals surface area contributed by atoms with Crippen LogP contribution in [0.4, 0.5) is 26.4 Å². The highest BCUT2D eigenvalue weighted by Crippen LogP contribution is 2.43. The third-order valence-corrected chi connectivity index (χ3v) is 7.32. The van der Waals surface area contributed by atoms with Crippen molar-refractivity contribution < 1.29 is 13.9 Å². The predicted octanol–water partition coefficient (Wildman–Crippen LogP) is 5.70. The molecule has 0 bridgehead atoms. The Labute approximate surface area is 198 Å². The Kier molecular flexibility index (Phi) is 6.14. The molecule has 3 N–H and O–H groups in total. The van der Waals surface area contributed by atoms with Gasteiger partial charge in [0.15, 0.2) is 5.65 Å². The van der Waals surface area contributed by atoms with E-state index in [2.05, 4.69) is 20.6 Å². The molecule has 2 aliphatic rings. The monoisotopic (exact) mass is 470 g/mol. The van der Waals surface area contributed by atoms with Crippen LogP contribution in [0.3, 0.4) is 0 Å². The zero-order chi connectivity index (χ0) is 23.9. The average Bonchev–Trinajstić information content (AvgIpc) is 3.41. The second kappa shape index (κ2) is 9.09. The SMILES string of the molecule is CC(C)(O)C1CC[C@@H](n2c(Nc3ccc(F)cc3F)nc3cnc(NC4CCCCC4)nc32)C1. The van der Waals surface area contributed by atoms with Crippen LogP contribution in [0.2, 0.25) is 0 Å². The van der Waals surface area contributed by atoms with Gasteiger partial charge in [-0.05, 0) is 64.0 Å². The predicted molar refractivity (Wildman–Crippen MR) is 128 cm³/mol. The van der Waals surface area contributed by atoms with Crippen LogP contribution in [0.15, 0.2) is 24.4 Å². The normalized spacial score (nSPS) is 21.8. The van der Waals surface area contributed by atoms with E-state index in [1.165, 1.54) is 31.4 Å². The van der Waals surface area contributed by atoms with Gasteiger partial charge in [-0.1, -0.05) is 19.3 Å². The molecule has 2 heterocycles. The lowest BCUT2D eigenvalue weighted by Gasteiger charge is -2.26. The standard InChI is InChI=1S/C25H32F2N6O/c1-25(2,34)15-8-10-18(12-15)33-22-21(14-28-23(32-22)29-17-6-4-3-5-7-17)31-24(33)30-20-11-9-16(26)13-19(20)27/h9,11,13-15,17-18,34H,3-8,10,12H2,1-2H3,(H,30,31)(H,28,29,32)/t15?,18-/m1/s1. The van der Waals surface area contributed by atoms with Gasteiger partial charge in [-0.3, -0.25) is 4.57 Å². The Morgan fingerprint density at radius 3 is 2.56 bits per heavy atom. The highest BCUT2D eigenvalue weighted by molar-refractivity contribution is 5.76. The van der Waals surface area contributed by atoms with E-state index in [4.69, 9.17) is 4.98 Å². The molecule has 7 nitrogen and oxygen atoms in total. The minimum absolute atomic E-state index is 0.0323. The molecule has 9 heteroatoms. The lowest BCUT2D eigenvalue weighted by Crippen LogP contribution is -2.29. The van der Waals surface area contributed by atoms with E-state index < -0.39 is 17.2 Å². The molecule has 0 aliphatic heterocycles. The molecule has 2 saturated carbocycles. The van der Waals surface area contributed by atoms with E-state index in [1.807, 2.05) is 18.4 Å². The van der Waals surface area contributed by atoms with Crippen molar-refractivity contribution in [3.63, 3.8) is 0 Å². The number of nitrogens with zero attached hydrogens (tertiary/aromatic N) is 4. The number of anilines is 3. The van der Waals surface area contributed by atoms with E-state index in [0.717, 1.165) is 38.2 Å². The van der Waals surface area contributed by atoms with Gasteiger partial charge in [0, 0.05) is 18.2 Å². The molecule has 2 fully saturated rings. The van der Waals surface area contributed by atoms with Crippen molar-refractivity contribution in [1.82, 2.24) is 19.5 Å². The van der Waals surface area contributed by atoms with Gasteiger partial charge in [-0.2, -0.15) is 4.98 Å². The average molecular weight is 471 g/mol. The molecule has 2 aromatic heterocycles. The molecular formula is C25H32F2N6O. The Balaban J connectivity index is 1.52. The van der Waals surface area contributed by atoms with Crippen molar-refractivity contribution in [3.05, 3.63) is 36.0 Å². The van der Waals surface area contributed by atoms with E-state index in [1.54, 1.807) is 6.20 Å². The van der Waals surface area contributed by atoms with Crippen LogP contribution in [0, 0.1) is 17.6 Å². The van der Waals surface area contributed by atoms with Crippen molar-refractivity contribution in [2.75, 3.05) is 10.6 Å². The van der Waals surface area contributed by atoms with Crippen LogP contribution in [-0.4, -0.2) is 36.3 Å². The van der Waals surface area contributed by atoms with Crippen molar-refractivity contribution in [2.24, 2.45) is 5.92 Å². The Bertz CT molecular complexity index is 1170. The molecule has 0 amide bonds. The molecule has 34 heavy (non-hydrogen) atoms. The first-order valence-electron chi connectivity index (χ1n) is 12.2. The molecule has 3 aromatic rings. The molecule has 0 spiro atoms. The number of hydrogen-bond donors (Lipinski definition) is 3. The van der Waals surface area contributed by atoms with E-state index in [-0.39, 0.29) is 17.6 Å². The fraction of sp³-hybridized carbons (Fsp3) is 0.560. The summed E-state index contributed by atoms with van der Waals surface area (Å²) in [5.41, 5.74) is 0.624. The largest absolute Gasteiger partial charge is 0.390 e. The van der Waals surface area contributed by atoms with E-state index >= 15 is 0 Å². The van der Waals surface area contributed by atoms with Crippen LogP contribution in [0.5, 0.6) is 0 Å². The zero-order valence-electron chi connectivity index (χ0n) is 19.7. The van der Waals surface area contributed by atoms with Gasteiger partial charge >= 0.3 is 0 Å². The van der Waals surface area contributed by atoms with Gasteiger partial charge in [0.05, 0.1) is 17.5 Å². The third-order valence-electron chi connectivity index (χ3n) is 7.32.